The van der Waals surface area contributed by atoms with Gasteiger partial charge < -0.3 is 24.5 Å². The SMILES string of the molecule is CC=N/C(=C\c1ncc(-c2cc(OC)c(C(=O)NC3CC3)c(OC(F)F)c2)[nH]1)C1CCOCC1. The number of allylic oxidation sites excluding steroid dienone is 1. The molecule has 2 aromatic rings. The molecule has 2 N–H and O–H groups in total. The van der Waals surface area contributed by atoms with E-state index in [9.17, 15) is 13.6 Å². The summed E-state index contributed by atoms with van der Waals surface area (Å²) in [5.74, 6) is 0.222. The second-order valence-corrected chi connectivity index (χ2v) is 8.20. The molecule has 2 aliphatic rings. The Morgan fingerprint density at radius 1 is 1.26 bits per heavy atom. The number of nitrogens with zero attached hydrogens (tertiary/aromatic N) is 2. The maximum absolute atomic E-state index is 13.2. The first-order chi connectivity index (χ1) is 16.5. The number of H-pyrrole nitrogens is 1. The van der Waals surface area contributed by atoms with Crippen LogP contribution in [-0.4, -0.2) is 55.1 Å². The highest BCUT2D eigenvalue weighted by molar-refractivity contribution is 6.01. The average Bonchev–Trinajstić information content (AvgIpc) is 3.52. The molecule has 0 bridgehead atoms. The largest absolute Gasteiger partial charge is 0.496 e. The van der Waals surface area contributed by atoms with Gasteiger partial charge in [-0.05, 0) is 44.7 Å². The van der Waals surface area contributed by atoms with Crippen LogP contribution in [0.4, 0.5) is 8.78 Å². The molecule has 1 aromatic carbocycles. The van der Waals surface area contributed by atoms with Crippen LogP contribution in [-0.2, 0) is 4.74 Å². The monoisotopic (exact) mass is 474 g/mol. The van der Waals surface area contributed by atoms with Crippen LogP contribution in [0.3, 0.4) is 0 Å². The zero-order valence-corrected chi connectivity index (χ0v) is 19.1. The molecule has 1 amide bonds. The number of methoxy groups -OCH3 is 1. The summed E-state index contributed by atoms with van der Waals surface area (Å²) >= 11 is 0. The number of carbonyl (C=O) groups excluding carboxylic acids is 1. The minimum Gasteiger partial charge on any atom is -0.496 e. The lowest BCUT2D eigenvalue weighted by atomic mass is 9.96. The molecule has 1 aromatic heterocycles. The highest BCUT2D eigenvalue weighted by atomic mass is 19.3. The number of ether oxygens (including phenoxy) is 3. The van der Waals surface area contributed by atoms with Crippen molar-refractivity contribution >= 4 is 18.2 Å². The normalized spacial score (nSPS) is 17.4. The van der Waals surface area contributed by atoms with Crippen molar-refractivity contribution in [1.29, 1.82) is 0 Å². The van der Waals surface area contributed by atoms with Gasteiger partial charge in [0.2, 0.25) is 0 Å². The fourth-order valence-corrected chi connectivity index (χ4v) is 3.90. The number of rotatable bonds is 9. The van der Waals surface area contributed by atoms with Gasteiger partial charge in [0, 0.05) is 48.7 Å². The lowest BCUT2D eigenvalue weighted by molar-refractivity contribution is -0.0502. The number of aromatic amines is 1. The van der Waals surface area contributed by atoms with E-state index in [4.69, 9.17) is 14.2 Å². The minimum absolute atomic E-state index is 0.0499. The average molecular weight is 475 g/mol. The molecule has 0 radical (unpaired) electrons. The summed E-state index contributed by atoms with van der Waals surface area (Å²) in [7, 11) is 1.38. The standard InChI is InChI=1S/C24H28F2N4O4/c1-3-27-17(14-6-8-33-9-7-14)12-21-28-13-18(30-21)15-10-19(32-2)22(20(11-15)34-24(25)26)23(31)29-16-4-5-16/h3,10-14,16,24H,4-9H2,1-2H3,(H,28,30)(H,29,31)/b17-12-,27-3?. The third-order valence-corrected chi connectivity index (χ3v) is 5.75. The number of hydrogen-bond acceptors (Lipinski definition) is 6. The van der Waals surface area contributed by atoms with Gasteiger partial charge in [-0.3, -0.25) is 9.79 Å². The number of aliphatic imine (C=N–C) groups is 1. The van der Waals surface area contributed by atoms with E-state index in [1.807, 2.05) is 13.0 Å². The van der Waals surface area contributed by atoms with E-state index in [-0.39, 0.29) is 29.0 Å². The molecule has 2 heterocycles. The molecule has 8 nitrogen and oxygen atoms in total. The molecular formula is C24H28F2N4O4. The van der Waals surface area contributed by atoms with Gasteiger partial charge in [-0.25, -0.2) is 4.98 Å². The first-order valence-corrected chi connectivity index (χ1v) is 11.3. The Labute approximate surface area is 196 Å². The molecule has 1 saturated carbocycles. The smallest absolute Gasteiger partial charge is 0.387 e. The van der Waals surface area contributed by atoms with Gasteiger partial charge in [-0.15, -0.1) is 0 Å². The second kappa shape index (κ2) is 10.8. The molecule has 0 atom stereocenters. The first-order valence-electron chi connectivity index (χ1n) is 11.3. The van der Waals surface area contributed by atoms with E-state index >= 15 is 0 Å². The number of aromatic nitrogens is 2. The summed E-state index contributed by atoms with van der Waals surface area (Å²) in [5.41, 5.74) is 1.90. The topological polar surface area (TPSA) is 97.8 Å². The highest BCUT2D eigenvalue weighted by Gasteiger charge is 2.29. The van der Waals surface area contributed by atoms with Crippen molar-refractivity contribution < 1.29 is 27.8 Å². The molecule has 1 saturated heterocycles. The number of nitrogens with one attached hydrogen (secondary N) is 2. The van der Waals surface area contributed by atoms with Crippen molar-refractivity contribution in [2.75, 3.05) is 20.3 Å². The van der Waals surface area contributed by atoms with Crippen LogP contribution in [0.2, 0.25) is 0 Å². The fourth-order valence-electron chi connectivity index (χ4n) is 3.90. The predicted molar refractivity (Wildman–Crippen MR) is 123 cm³/mol. The second-order valence-electron chi connectivity index (χ2n) is 8.20. The number of benzene rings is 1. The van der Waals surface area contributed by atoms with Crippen LogP contribution >= 0.6 is 0 Å². The summed E-state index contributed by atoms with van der Waals surface area (Å²) in [4.78, 5) is 24.8. The van der Waals surface area contributed by atoms with Crippen LogP contribution in [0.5, 0.6) is 11.5 Å². The fraction of sp³-hybridized carbons (Fsp3) is 0.458. The van der Waals surface area contributed by atoms with E-state index in [0.29, 0.717) is 30.3 Å². The van der Waals surface area contributed by atoms with Crippen molar-refractivity contribution in [3.05, 3.63) is 35.4 Å². The third kappa shape index (κ3) is 5.80. The molecule has 10 heteroatoms. The third-order valence-electron chi connectivity index (χ3n) is 5.75. The number of carbonyl (C=O) groups is 1. The maximum Gasteiger partial charge on any atom is 0.387 e. The Bertz CT molecular complexity index is 1070. The van der Waals surface area contributed by atoms with Crippen molar-refractivity contribution in [3.8, 4) is 22.8 Å². The number of halogens is 2. The lowest BCUT2D eigenvalue weighted by Gasteiger charge is -2.22. The van der Waals surface area contributed by atoms with Gasteiger partial charge in [-0.2, -0.15) is 8.78 Å². The van der Waals surface area contributed by atoms with Crippen LogP contribution < -0.4 is 14.8 Å². The van der Waals surface area contributed by atoms with Gasteiger partial charge >= 0.3 is 6.61 Å². The number of hydrogen-bond donors (Lipinski definition) is 2. The molecule has 182 valence electrons. The summed E-state index contributed by atoms with van der Waals surface area (Å²) < 4.78 is 41.8. The molecule has 0 spiro atoms. The number of amides is 1. The molecule has 34 heavy (non-hydrogen) atoms. The molecule has 2 fully saturated rings. The Kier molecular flexibility index (Phi) is 7.56. The molecule has 1 aliphatic carbocycles. The highest BCUT2D eigenvalue weighted by Crippen LogP contribution is 2.36. The van der Waals surface area contributed by atoms with E-state index < -0.39 is 12.5 Å². The Balaban J connectivity index is 1.66. The zero-order chi connectivity index (χ0) is 24.1. The van der Waals surface area contributed by atoms with E-state index in [1.54, 1.807) is 18.5 Å². The molecule has 1 aliphatic heterocycles. The maximum atomic E-state index is 13.2. The van der Waals surface area contributed by atoms with Crippen LogP contribution in [0, 0.1) is 5.92 Å². The molecule has 0 unspecified atom stereocenters. The van der Waals surface area contributed by atoms with E-state index in [1.165, 1.54) is 13.2 Å². The number of alkyl halides is 2. The lowest BCUT2D eigenvalue weighted by Crippen LogP contribution is -2.26. The van der Waals surface area contributed by atoms with Crippen LogP contribution in [0.25, 0.3) is 17.3 Å². The summed E-state index contributed by atoms with van der Waals surface area (Å²) in [6.07, 6.45) is 8.70. The number of imidazole rings is 1. The molecule has 4 rings (SSSR count). The van der Waals surface area contributed by atoms with Gasteiger partial charge in [0.1, 0.15) is 22.9 Å². The van der Waals surface area contributed by atoms with Crippen LogP contribution in [0.15, 0.2) is 29.0 Å². The van der Waals surface area contributed by atoms with Gasteiger partial charge in [0.25, 0.3) is 5.91 Å². The van der Waals surface area contributed by atoms with Crippen molar-refractivity contribution in [2.45, 2.75) is 45.3 Å². The van der Waals surface area contributed by atoms with Crippen molar-refractivity contribution in [1.82, 2.24) is 15.3 Å². The zero-order valence-electron chi connectivity index (χ0n) is 19.1. The Morgan fingerprint density at radius 3 is 2.65 bits per heavy atom. The summed E-state index contributed by atoms with van der Waals surface area (Å²) in [6.45, 7) is 0.149. The quantitative estimate of drug-likeness (QED) is 0.524. The Hall–Kier alpha value is -3.27. The first kappa shape index (κ1) is 23.9. The van der Waals surface area contributed by atoms with Crippen LogP contribution in [0.1, 0.15) is 48.8 Å². The van der Waals surface area contributed by atoms with Gasteiger partial charge in [-0.1, -0.05) is 0 Å². The summed E-state index contributed by atoms with van der Waals surface area (Å²) in [6, 6.07) is 3.04. The minimum atomic E-state index is -3.10. The van der Waals surface area contributed by atoms with Gasteiger partial charge in [0.15, 0.2) is 0 Å². The van der Waals surface area contributed by atoms with E-state index in [0.717, 1.165) is 31.4 Å². The van der Waals surface area contributed by atoms with E-state index in [2.05, 4.69) is 20.3 Å². The summed E-state index contributed by atoms with van der Waals surface area (Å²) in [5, 5.41) is 2.79. The van der Waals surface area contributed by atoms with Gasteiger partial charge in [0.05, 0.1) is 19.0 Å². The molecular weight excluding hydrogens is 446 g/mol. The van der Waals surface area contributed by atoms with Crippen molar-refractivity contribution in [2.24, 2.45) is 10.9 Å². The predicted octanol–water partition coefficient (Wildman–Crippen LogP) is 4.44. The Morgan fingerprint density at radius 2 is 2.00 bits per heavy atom. The van der Waals surface area contributed by atoms with Crippen molar-refractivity contribution in [3.63, 3.8) is 0 Å².